The van der Waals surface area contributed by atoms with E-state index in [0.29, 0.717) is 0 Å². The van der Waals surface area contributed by atoms with E-state index in [9.17, 15) is 4.79 Å². The van der Waals surface area contributed by atoms with Gasteiger partial charge in [0.25, 0.3) is 0 Å². The van der Waals surface area contributed by atoms with Crippen molar-refractivity contribution < 1.29 is 4.79 Å². The van der Waals surface area contributed by atoms with Crippen molar-refractivity contribution in [2.75, 3.05) is 18.0 Å². The summed E-state index contributed by atoms with van der Waals surface area (Å²) in [5, 5.41) is 3.18. The molecule has 0 spiro atoms. The second kappa shape index (κ2) is 4.40. The molecule has 0 bridgehead atoms. The molecular weight excluding hydrogens is 190 g/mol. The van der Waals surface area contributed by atoms with E-state index >= 15 is 0 Å². The van der Waals surface area contributed by atoms with Crippen molar-refractivity contribution in [1.29, 1.82) is 0 Å². The van der Waals surface area contributed by atoms with Crippen LogP contribution in [-0.4, -0.2) is 30.0 Å². The fraction of sp³-hybridized carbons (Fsp3) is 0.455. The van der Waals surface area contributed by atoms with Crippen LogP contribution in [0.5, 0.6) is 0 Å². The zero-order chi connectivity index (χ0) is 10.7. The zero-order valence-corrected chi connectivity index (χ0v) is 8.81. The third-order valence-corrected chi connectivity index (χ3v) is 2.61. The molecule has 2 rings (SSSR count). The van der Waals surface area contributed by atoms with E-state index in [1.165, 1.54) is 0 Å². The minimum Gasteiger partial charge on any atom is -0.309 e. The van der Waals surface area contributed by atoms with Gasteiger partial charge >= 0.3 is 0 Å². The summed E-state index contributed by atoms with van der Waals surface area (Å²) in [7, 11) is 0. The Morgan fingerprint density at radius 3 is 3.20 bits per heavy atom. The van der Waals surface area contributed by atoms with Crippen LogP contribution in [0.3, 0.4) is 0 Å². The smallest absolute Gasteiger partial charge is 0.244 e. The molecule has 0 aromatic carbocycles. The number of nitrogens with one attached hydrogen (secondary N) is 1. The predicted molar refractivity (Wildman–Crippen MR) is 58.7 cm³/mol. The number of pyridine rings is 1. The van der Waals surface area contributed by atoms with Crippen molar-refractivity contribution >= 4 is 11.6 Å². The van der Waals surface area contributed by atoms with Crippen LogP contribution in [0.15, 0.2) is 24.5 Å². The van der Waals surface area contributed by atoms with Crippen LogP contribution in [0.2, 0.25) is 0 Å². The molecule has 4 nitrogen and oxygen atoms in total. The molecule has 1 fully saturated rings. The molecule has 1 aromatic rings. The minimum atomic E-state index is -0.0183. The first kappa shape index (κ1) is 10.1. The molecule has 1 aliphatic rings. The lowest BCUT2D eigenvalue weighted by atomic mass is 10.2. The van der Waals surface area contributed by atoms with Crippen LogP contribution >= 0.6 is 0 Å². The first-order valence-corrected chi connectivity index (χ1v) is 5.27. The average Bonchev–Trinajstić information content (AvgIpc) is 2.63. The van der Waals surface area contributed by atoms with Gasteiger partial charge in [0.2, 0.25) is 5.91 Å². The number of likely N-dealkylation sites (N-methyl/N-ethyl adjacent to an activating group) is 1. The molecule has 1 unspecified atom stereocenters. The highest BCUT2D eigenvalue weighted by Crippen LogP contribution is 2.19. The Morgan fingerprint density at radius 2 is 2.53 bits per heavy atom. The largest absolute Gasteiger partial charge is 0.309 e. The lowest BCUT2D eigenvalue weighted by molar-refractivity contribution is -0.118. The molecule has 2 heterocycles. The number of anilines is 1. The number of hydrogen-bond acceptors (Lipinski definition) is 3. The molecule has 1 saturated heterocycles. The third kappa shape index (κ3) is 1.99. The molecule has 1 aliphatic heterocycles. The average molecular weight is 205 g/mol. The second-order valence-corrected chi connectivity index (χ2v) is 3.60. The summed E-state index contributed by atoms with van der Waals surface area (Å²) in [4.78, 5) is 17.7. The Labute approximate surface area is 89.3 Å². The van der Waals surface area contributed by atoms with Gasteiger partial charge in [-0.3, -0.25) is 9.78 Å². The van der Waals surface area contributed by atoms with E-state index < -0.39 is 0 Å². The number of aromatic nitrogens is 1. The Balaban J connectivity index is 2.11. The summed E-state index contributed by atoms with van der Waals surface area (Å²) in [6.07, 6.45) is 4.32. The number of amides is 1. The van der Waals surface area contributed by atoms with Crippen molar-refractivity contribution in [3.05, 3.63) is 24.5 Å². The molecule has 80 valence electrons. The van der Waals surface area contributed by atoms with Crippen LogP contribution in [0, 0.1) is 0 Å². The highest BCUT2D eigenvalue weighted by Gasteiger charge is 2.31. The zero-order valence-electron chi connectivity index (χ0n) is 8.81. The Hall–Kier alpha value is -1.42. The summed E-state index contributed by atoms with van der Waals surface area (Å²) < 4.78 is 0. The molecule has 15 heavy (non-hydrogen) atoms. The lowest BCUT2D eigenvalue weighted by Gasteiger charge is -2.16. The van der Waals surface area contributed by atoms with Crippen LogP contribution in [0.4, 0.5) is 5.69 Å². The number of nitrogens with zero attached hydrogens (tertiary/aromatic N) is 2. The molecule has 1 aromatic heterocycles. The molecule has 0 aliphatic carbocycles. The SMILES string of the molecule is CCNC1CCN(c2cccnc2)C1=O. The van der Waals surface area contributed by atoms with Gasteiger partial charge in [-0.1, -0.05) is 6.92 Å². The number of carbonyl (C=O) groups excluding carboxylic acids is 1. The quantitative estimate of drug-likeness (QED) is 0.793. The van der Waals surface area contributed by atoms with E-state index in [0.717, 1.165) is 25.2 Å². The van der Waals surface area contributed by atoms with Crippen molar-refractivity contribution in [2.24, 2.45) is 0 Å². The van der Waals surface area contributed by atoms with Gasteiger partial charge in [-0.2, -0.15) is 0 Å². The first-order chi connectivity index (χ1) is 7.33. The molecule has 1 N–H and O–H groups in total. The fourth-order valence-corrected chi connectivity index (χ4v) is 1.89. The van der Waals surface area contributed by atoms with Crippen LogP contribution in [-0.2, 0) is 4.79 Å². The summed E-state index contributed by atoms with van der Waals surface area (Å²) in [5.74, 6) is 0.157. The third-order valence-electron chi connectivity index (χ3n) is 2.61. The minimum absolute atomic E-state index is 0.0183. The highest BCUT2D eigenvalue weighted by atomic mass is 16.2. The maximum absolute atomic E-state index is 11.9. The Kier molecular flexibility index (Phi) is 2.97. The number of carbonyl (C=O) groups is 1. The summed E-state index contributed by atoms with van der Waals surface area (Å²) in [6, 6.07) is 3.75. The van der Waals surface area contributed by atoms with E-state index in [-0.39, 0.29) is 11.9 Å². The van der Waals surface area contributed by atoms with Gasteiger partial charge in [-0.05, 0) is 25.1 Å². The van der Waals surface area contributed by atoms with Crippen molar-refractivity contribution in [1.82, 2.24) is 10.3 Å². The van der Waals surface area contributed by atoms with Crippen molar-refractivity contribution in [2.45, 2.75) is 19.4 Å². The Bertz CT molecular complexity index is 339. The first-order valence-electron chi connectivity index (χ1n) is 5.27. The molecular formula is C11H15N3O. The van der Waals surface area contributed by atoms with Gasteiger partial charge in [0.1, 0.15) is 0 Å². The van der Waals surface area contributed by atoms with Crippen LogP contribution in [0.1, 0.15) is 13.3 Å². The van der Waals surface area contributed by atoms with Crippen molar-refractivity contribution in [3.8, 4) is 0 Å². The van der Waals surface area contributed by atoms with Crippen LogP contribution in [0.25, 0.3) is 0 Å². The summed E-state index contributed by atoms with van der Waals surface area (Å²) in [5.41, 5.74) is 0.892. The molecule has 0 saturated carbocycles. The highest BCUT2D eigenvalue weighted by molar-refractivity contribution is 5.99. The standard InChI is InChI=1S/C11H15N3O/c1-2-13-10-5-7-14(11(10)15)9-4-3-6-12-8-9/h3-4,6,8,10,13H,2,5,7H2,1H3. The molecule has 0 radical (unpaired) electrons. The van der Waals surface area contributed by atoms with Gasteiger partial charge in [-0.25, -0.2) is 0 Å². The van der Waals surface area contributed by atoms with E-state index in [1.807, 2.05) is 19.1 Å². The maximum atomic E-state index is 11.9. The predicted octanol–water partition coefficient (Wildman–Crippen LogP) is 0.796. The summed E-state index contributed by atoms with van der Waals surface area (Å²) >= 11 is 0. The van der Waals surface area contributed by atoms with E-state index in [4.69, 9.17) is 0 Å². The van der Waals surface area contributed by atoms with Crippen molar-refractivity contribution in [3.63, 3.8) is 0 Å². The van der Waals surface area contributed by atoms with E-state index in [2.05, 4.69) is 10.3 Å². The number of rotatable bonds is 3. The molecule has 4 heteroatoms. The number of hydrogen-bond donors (Lipinski definition) is 1. The lowest BCUT2D eigenvalue weighted by Crippen LogP contribution is -2.38. The molecule has 1 atom stereocenters. The van der Waals surface area contributed by atoms with Crippen LogP contribution < -0.4 is 10.2 Å². The monoisotopic (exact) mass is 205 g/mol. The topological polar surface area (TPSA) is 45.2 Å². The Morgan fingerprint density at radius 1 is 1.67 bits per heavy atom. The molecule has 1 amide bonds. The second-order valence-electron chi connectivity index (χ2n) is 3.60. The maximum Gasteiger partial charge on any atom is 0.244 e. The van der Waals surface area contributed by atoms with Gasteiger partial charge < -0.3 is 10.2 Å². The fourth-order valence-electron chi connectivity index (χ4n) is 1.89. The van der Waals surface area contributed by atoms with Gasteiger partial charge in [-0.15, -0.1) is 0 Å². The summed E-state index contributed by atoms with van der Waals surface area (Å²) in [6.45, 7) is 3.62. The van der Waals surface area contributed by atoms with Gasteiger partial charge in [0.15, 0.2) is 0 Å². The van der Waals surface area contributed by atoms with E-state index in [1.54, 1.807) is 17.3 Å². The normalized spacial score (nSPS) is 21.0. The van der Waals surface area contributed by atoms with Gasteiger partial charge in [0.05, 0.1) is 17.9 Å². The van der Waals surface area contributed by atoms with Gasteiger partial charge in [0, 0.05) is 12.7 Å².